The Kier molecular flexibility index (Phi) is 12.2. The van der Waals surface area contributed by atoms with Crippen molar-refractivity contribution >= 4 is 64.2 Å². The van der Waals surface area contributed by atoms with Crippen LogP contribution in [0.15, 0.2) is 65.7 Å². The van der Waals surface area contributed by atoms with E-state index in [4.69, 9.17) is 70.7 Å². The van der Waals surface area contributed by atoms with Crippen LogP contribution in [-0.4, -0.2) is 53.8 Å². The summed E-state index contributed by atoms with van der Waals surface area (Å²) in [6.07, 6.45) is -0.237. The molecular formula is C34H36Cl4N2O6. The molecule has 2 atom stereocenters. The molecule has 0 aromatic heterocycles. The summed E-state index contributed by atoms with van der Waals surface area (Å²) in [5.41, 5.74) is -0.452. The maximum absolute atomic E-state index is 14.3. The van der Waals surface area contributed by atoms with Gasteiger partial charge in [0.2, 0.25) is 5.90 Å². The third-order valence-electron chi connectivity index (χ3n) is 7.10. The standard InChI is InChI=1S/C34H36Cl4N2O6/c1-33(2,3)46-29(42)13-15-34(32(43)39-16-14-21-5-8-23(35)19-27(21)37)30(26-12-9-24(36)20-28(26)38)45-31(40-34)22-6-10-25(11-7-22)44-18-4-17-41/h5-12,19-20,30,41H,4,13-18H2,1-3H3,(H,39,43)/t30-,34-/m1/s1. The monoisotopic (exact) mass is 708 g/mol. The molecule has 2 N–H and O–H groups in total. The Bertz CT molecular complexity index is 1570. The topological polar surface area (TPSA) is 106 Å². The minimum Gasteiger partial charge on any atom is -0.494 e. The first-order chi connectivity index (χ1) is 21.8. The van der Waals surface area contributed by atoms with Crippen LogP contribution in [0, 0.1) is 0 Å². The van der Waals surface area contributed by atoms with Crippen molar-refractivity contribution < 1.29 is 28.9 Å². The molecule has 46 heavy (non-hydrogen) atoms. The lowest BCUT2D eigenvalue weighted by atomic mass is 9.83. The fourth-order valence-corrected chi connectivity index (χ4v) is 5.95. The Labute approximate surface area is 288 Å². The average Bonchev–Trinajstić information content (AvgIpc) is 3.37. The van der Waals surface area contributed by atoms with Gasteiger partial charge in [-0.25, -0.2) is 4.99 Å². The van der Waals surface area contributed by atoms with Gasteiger partial charge in [0, 0.05) is 57.2 Å². The van der Waals surface area contributed by atoms with E-state index in [1.54, 1.807) is 81.4 Å². The van der Waals surface area contributed by atoms with Gasteiger partial charge in [0.25, 0.3) is 5.91 Å². The largest absolute Gasteiger partial charge is 0.494 e. The van der Waals surface area contributed by atoms with Crippen LogP contribution in [0.3, 0.4) is 0 Å². The number of amides is 1. The molecule has 1 amide bonds. The van der Waals surface area contributed by atoms with Crippen LogP contribution in [0.25, 0.3) is 0 Å². The number of hydrogen-bond acceptors (Lipinski definition) is 7. The van der Waals surface area contributed by atoms with Crippen LogP contribution in [0.5, 0.6) is 5.75 Å². The van der Waals surface area contributed by atoms with Crippen molar-refractivity contribution in [3.8, 4) is 5.75 Å². The lowest BCUT2D eigenvalue weighted by Gasteiger charge is -2.31. The Morgan fingerprint density at radius 1 is 0.978 bits per heavy atom. The van der Waals surface area contributed by atoms with Gasteiger partial charge < -0.3 is 24.6 Å². The van der Waals surface area contributed by atoms with Crippen LogP contribution in [0.2, 0.25) is 20.1 Å². The first-order valence-corrected chi connectivity index (χ1v) is 16.3. The number of benzene rings is 3. The second-order valence-electron chi connectivity index (χ2n) is 11.8. The molecule has 4 rings (SSSR count). The van der Waals surface area contributed by atoms with Gasteiger partial charge in [-0.05, 0) is 87.7 Å². The molecule has 0 saturated heterocycles. The predicted molar refractivity (Wildman–Crippen MR) is 181 cm³/mol. The quantitative estimate of drug-likeness (QED) is 0.139. The summed E-state index contributed by atoms with van der Waals surface area (Å²) in [6, 6.07) is 17.1. The van der Waals surface area contributed by atoms with Crippen LogP contribution in [0.4, 0.5) is 0 Å². The third-order valence-corrected chi connectivity index (χ3v) is 8.25. The van der Waals surface area contributed by atoms with Gasteiger partial charge in [0.15, 0.2) is 11.6 Å². The second-order valence-corrected chi connectivity index (χ2v) is 13.5. The van der Waals surface area contributed by atoms with Crippen LogP contribution < -0.4 is 10.1 Å². The molecule has 0 fully saturated rings. The highest BCUT2D eigenvalue weighted by Crippen LogP contribution is 2.46. The second kappa shape index (κ2) is 15.7. The molecule has 1 aliphatic heterocycles. The Hall–Kier alpha value is -3.01. The number of hydrogen-bond donors (Lipinski definition) is 2. The lowest BCUT2D eigenvalue weighted by Crippen LogP contribution is -2.49. The smallest absolute Gasteiger partial charge is 0.306 e. The summed E-state index contributed by atoms with van der Waals surface area (Å²) in [7, 11) is 0. The van der Waals surface area contributed by atoms with Gasteiger partial charge in [-0.3, -0.25) is 9.59 Å². The molecule has 12 heteroatoms. The Morgan fingerprint density at radius 3 is 2.28 bits per heavy atom. The van der Waals surface area contributed by atoms with E-state index in [1.165, 1.54) is 0 Å². The molecule has 0 radical (unpaired) electrons. The average molecular weight is 710 g/mol. The van der Waals surface area contributed by atoms with Crippen molar-refractivity contribution in [2.24, 2.45) is 4.99 Å². The van der Waals surface area contributed by atoms with E-state index in [-0.39, 0.29) is 36.9 Å². The maximum atomic E-state index is 14.3. The highest BCUT2D eigenvalue weighted by atomic mass is 35.5. The van der Waals surface area contributed by atoms with Crippen LogP contribution in [0.1, 0.15) is 62.8 Å². The number of nitrogens with one attached hydrogen (secondary N) is 1. The van der Waals surface area contributed by atoms with Crippen molar-refractivity contribution in [3.63, 3.8) is 0 Å². The number of rotatable bonds is 13. The molecule has 0 unspecified atom stereocenters. The minimum absolute atomic E-state index is 0.0254. The van der Waals surface area contributed by atoms with Gasteiger partial charge >= 0.3 is 5.97 Å². The summed E-state index contributed by atoms with van der Waals surface area (Å²) in [6.45, 7) is 5.93. The van der Waals surface area contributed by atoms with Crippen molar-refractivity contribution in [2.75, 3.05) is 19.8 Å². The van der Waals surface area contributed by atoms with Crippen LogP contribution >= 0.6 is 46.4 Å². The summed E-state index contributed by atoms with van der Waals surface area (Å²) in [5.74, 6) is -0.154. The number of halogens is 4. The zero-order valence-electron chi connectivity index (χ0n) is 25.7. The molecule has 246 valence electrons. The van der Waals surface area contributed by atoms with E-state index in [0.29, 0.717) is 51.4 Å². The molecule has 3 aromatic rings. The van der Waals surface area contributed by atoms with E-state index in [9.17, 15) is 9.59 Å². The first kappa shape index (κ1) is 35.8. The number of nitrogens with zero attached hydrogens (tertiary/aromatic N) is 1. The molecule has 0 saturated carbocycles. The minimum atomic E-state index is -1.61. The third kappa shape index (κ3) is 9.29. The van der Waals surface area contributed by atoms with Crippen molar-refractivity contribution in [1.82, 2.24) is 5.32 Å². The molecular weight excluding hydrogens is 674 g/mol. The zero-order valence-corrected chi connectivity index (χ0v) is 28.8. The molecule has 3 aromatic carbocycles. The summed E-state index contributed by atoms with van der Waals surface area (Å²) in [4.78, 5) is 32.2. The van der Waals surface area contributed by atoms with Gasteiger partial charge in [-0.2, -0.15) is 0 Å². The summed E-state index contributed by atoms with van der Waals surface area (Å²) in [5, 5.41) is 13.7. The van der Waals surface area contributed by atoms with Crippen LogP contribution in [-0.2, 0) is 25.5 Å². The molecule has 0 aliphatic carbocycles. The molecule has 0 bridgehead atoms. The van der Waals surface area contributed by atoms with Gasteiger partial charge in [0.1, 0.15) is 11.4 Å². The molecule has 0 spiro atoms. The van der Waals surface area contributed by atoms with E-state index in [2.05, 4.69) is 5.32 Å². The molecule has 8 nitrogen and oxygen atoms in total. The Balaban J connectivity index is 1.71. The lowest BCUT2D eigenvalue weighted by molar-refractivity contribution is -0.155. The van der Waals surface area contributed by atoms with Gasteiger partial charge in [-0.1, -0.05) is 58.5 Å². The Morgan fingerprint density at radius 2 is 1.65 bits per heavy atom. The van der Waals surface area contributed by atoms with E-state index in [1.807, 2.05) is 0 Å². The number of ether oxygens (including phenoxy) is 3. The summed E-state index contributed by atoms with van der Waals surface area (Å²) >= 11 is 25.3. The van der Waals surface area contributed by atoms with Gasteiger partial charge in [0.05, 0.1) is 6.61 Å². The molecule has 1 aliphatic rings. The normalized spacial score (nSPS) is 17.7. The predicted octanol–water partition coefficient (Wildman–Crippen LogP) is 7.80. The van der Waals surface area contributed by atoms with E-state index in [0.717, 1.165) is 5.56 Å². The highest BCUT2D eigenvalue weighted by molar-refractivity contribution is 6.35. The van der Waals surface area contributed by atoms with Crippen molar-refractivity contribution in [1.29, 1.82) is 0 Å². The zero-order chi connectivity index (χ0) is 33.5. The number of carbonyl (C=O) groups is 2. The van der Waals surface area contributed by atoms with Crippen molar-refractivity contribution in [3.05, 3.63) is 97.4 Å². The summed E-state index contributed by atoms with van der Waals surface area (Å²) < 4.78 is 17.7. The number of esters is 1. The fraction of sp³-hybridized carbons (Fsp3) is 0.382. The number of carbonyl (C=O) groups excluding carboxylic acids is 2. The SMILES string of the molecule is CC(C)(C)OC(=O)CC[C@@]1(C(=O)NCCc2ccc(Cl)cc2Cl)N=C(c2ccc(OCCCO)cc2)O[C@@H]1c1ccc(Cl)cc1Cl. The van der Waals surface area contributed by atoms with Crippen molar-refractivity contribution in [2.45, 2.75) is 63.7 Å². The van der Waals surface area contributed by atoms with Gasteiger partial charge in [-0.15, -0.1) is 0 Å². The maximum Gasteiger partial charge on any atom is 0.306 e. The number of aliphatic hydroxyl groups is 1. The number of aliphatic hydroxyl groups excluding tert-OH is 1. The van der Waals surface area contributed by atoms with E-state index >= 15 is 0 Å². The fourth-order valence-electron chi connectivity index (χ4n) is 4.93. The van der Waals surface area contributed by atoms with E-state index < -0.39 is 29.1 Å². The number of aliphatic imine (C=N–C) groups is 1. The highest BCUT2D eigenvalue weighted by Gasteiger charge is 2.54. The first-order valence-electron chi connectivity index (χ1n) is 14.8. The molecule has 1 heterocycles.